The van der Waals surface area contributed by atoms with E-state index in [1.807, 2.05) is 6.92 Å². The summed E-state index contributed by atoms with van der Waals surface area (Å²) in [6, 6.07) is 4.12. The molecule has 1 N–H and O–H groups in total. The van der Waals surface area contributed by atoms with Gasteiger partial charge in [0, 0.05) is 36.7 Å². The predicted molar refractivity (Wildman–Crippen MR) is 72.0 cm³/mol. The van der Waals surface area contributed by atoms with Gasteiger partial charge in [0.25, 0.3) is 0 Å². The highest BCUT2D eigenvalue weighted by Crippen LogP contribution is 2.34. The van der Waals surface area contributed by atoms with E-state index >= 15 is 0 Å². The molecular weight excluding hydrogens is 321 g/mol. The molecule has 0 aliphatic carbocycles. The Hall–Kier alpha value is -0.590. The van der Waals surface area contributed by atoms with Crippen LogP contribution in [-0.4, -0.2) is 31.1 Å². The van der Waals surface area contributed by atoms with Crippen LogP contribution >= 0.6 is 15.9 Å². The maximum Gasteiger partial charge on any atom is 0.416 e. The van der Waals surface area contributed by atoms with Crippen LogP contribution in [0.4, 0.5) is 13.2 Å². The third kappa shape index (κ3) is 3.70. The Labute approximate surface area is 119 Å². The smallest absolute Gasteiger partial charge is 0.314 e. The predicted octanol–water partition coefficient (Wildman–Crippen LogP) is 3.43. The van der Waals surface area contributed by atoms with Crippen molar-refractivity contribution in [1.82, 2.24) is 10.2 Å². The topological polar surface area (TPSA) is 15.3 Å². The Balaban J connectivity index is 2.26. The standard InChI is InChI=1S/C13H16BrF3N2/c1-9(19-4-2-18-3-5-19)10-6-11(13(15,16)17)8-12(14)7-10/h6-9,18H,2-5H2,1H3. The number of nitrogens with one attached hydrogen (secondary N) is 1. The van der Waals surface area contributed by atoms with Crippen molar-refractivity contribution >= 4 is 15.9 Å². The summed E-state index contributed by atoms with van der Waals surface area (Å²) in [6.07, 6.45) is -4.30. The maximum absolute atomic E-state index is 12.8. The molecule has 1 heterocycles. The first-order chi connectivity index (χ1) is 8.88. The Morgan fingerprint density at radius 1 is 1.21 bits per heavy atom. The SMILES string of the molecule is CC(c1cc(Br)cc(C(F)(F)F)c1)N1CCNCC1. The lowest BCUT2D eigenvalue weighted by molar-refractivity contribution is -0.137. The molecule has 0 spiro atoms. The molecule has 0 amide bonds. The fourth-order valence-electron chi connectivity index (χ4n) is 2.30. The Morgan fingerprint density at radius 2 is 1.84 bits per heavy atom. The molecule has 1 aliphatic rings. The quantitative estimate of drug-likeness (QED) is 0.890. The van der Waals surface area contributed by atoms with E-state index in [0.29, 0.717) is 10.0 Å². The van der Waals surface area contributed by atoms with Crippen LogP contribution in [-0.2, 0) is 6.18 Å². The van der Waals surface area contributed by atoms with Crippen LogP contribution in [0.15, 0.2) is 22.7 Å². The summed E-state index contributed by atoms with van der Waals surface area (Å²) in [5, 5.41) is 3.24. The first-order valence-corrected chi connectivity index (χ1v) is 6.99. The van der Waals surface area contributed by atoms with Crippen molar-refractivity contribution in [2.45, 2.75) is 19.1 Å². The fraction of sp³-hybridized carbons (Fsp3) is 0.538. The summed E-state index contributed by atoms with van der Waals surface area (Å²) in [5.41, 5.74) is 0.0995. The van der Waals surface area contributed by atoms with Crippen LogP contribution < -0.4 is 5.32 Å². The Kier molecular flexibility index (Phi) is 4.53. The summed E-state index contributed by atoms with van der Waals surface area (Å²) < 4.78 is 38.9. The van der Waals surface area contributed by atoms with Crippen molar-refractivity contribution < 1.29 is 13.2 Å². The van der Waals surface area contributed by atoms with Gasteiger partial charge in [-0.15, -0.1) is 0 Å². The van der Waals surface area contributed by atoms with Gasteiger partial charge >= 0.3 is 6.18 Å². The van der Waals surface area contributed by atoms with Gasteiger partial charge in [-0.3, -0.25) is 4.90 Å². The largest absolute Gasteiger partial charge is 0.416 e. The molecule has 106 valence electrons. The van der Waals surface area contributed by atoms with Crippen LogP contribution in [0.25, 0.3) is 0 Å². The fourth-order valence-corrected chi connectivity index (χ4v) is 2.81. The number of benzene rings is 1. The normalized spacial score (nSPS) is 19.4. The molecule has 1 fully saturated rings. The first-order valence-electron chi connectivity index (χ1n) is 6.20. The summed E-state index contributed by atoms with van der Waals surface area (Å²) in [5.74, 6) is 0. The second kappa shape index (κ2) is 5.81. The summed E-state index contributed by atoms with van der Waals surface area (Å²) >= 11 is 3.17. The average Bonchev–Trinajstić information content (AvgIpc) is 2.37. The number of piperazine rings is 1. The van der Waals surface area contributed by atoms with Crippen molar-refractivity contribution in [2.24, 2.45) is 0 Å². The third-order valence-electron chi connectivity index (χ3n) is 3.43. The molecule has 0 aromatic heterocycles. The van der Waals surface area contributed by atoms with Crippen LogP contribution in [0.2, 0.25) is 0 Å². The molecule has 0 bridgehead atoms. The Morgan fingerprint density at radius 3 is 2.42 bits per heavy atom. The monoisotopic (exact) mass is 336 g/mol. The molecule has 19 heavy (non-hydrogen) atoms. The molecule has 1 aromatic rings. The highest BCUT2D eigenvalue weighted by molar-refractivity contribution is 9.10. The summed E-state index contributed by atoms with van der Waals surface area (Å²) in [6.45, 7) is 5.42. The summed E-state index contributed by atoms with van der Waals surface area (Å²) in [4.78, 5) is 2.19. The molecule has 1 aromatic carbocycles. The molecule has 1 atom stereocenters. The lowest BCUT2D eigenvalue weighted by Gasteiger charge is -2.33. The minimum atomic E-state index is -4.30. The third-order valence-corrected chi connectivity index (χ3v) is 3.89. The minimum Gasteiger partial charge on any atom is -0.314 e. The number of alkyl halides is 3. The number of hydrogen-bond acceptors (Lipinski definition) is 2. The number of halogens is 4. The number of hydrogen-bond donors (Lipinski definition) is 1. The van der Waals surface area contributed by atoms with Gasteiger partial charge < -0.3 is 5.32 Å². The maximum atomic E-state index is 12.8. The van der Waals surface area contributed by atoms with Gasteiger partial charge in [-0.05, 0) is 30.7 Å². The zero-order valence-electron chi connectivity index (χ0n) is 10.6. The molecule has 0 radical (unpaired) electrons. The molecule has 0 saturated carbocycles. The van der Waals surface area contributed by atoms with Crippen LogP contribution in [0, 0.1) is 0 Å². The zero-order chi connectivity index (χ0) is 14.0. The summed E-state index contributed by atoms with van der Waals surface area (Å²) in [7, 11) is 0. The van der Waals surface area contributed by atoms with Crippen molar-refractivity contribution in [1.29, 1.82) is 0 Å². The van der Waals surface area contributed by atoms with Crippen LogP contribution in [0.5, 0.6) is 0 Å². The minimum absolute atomic E-state index is 0.0132. The molecule has 2 rings (SSSR count). The second-order valence-corrected chi connectivity index (χ2v) is 5.65. The van der Waals surface area contributed by atoms with E-state index in [-0.39, 0.29) is 6.04 Å². The first kappa shape index (κ1) is 14.8. The lowest BCUT2D eigenvalue weighted by Crippen LogP contribution is -2.44. The highest BCUT2D eigenvalue weighted by Gasteiger charge is 2.32. The molecular formula is C13H16BrF3N2. The van der Waals surface area contributed by atoms with Gasteiger partial charge in [0.2, 0.25) is 0 Å². The highest BCUT2D eigenvalue weighted by atomic mass is 79.9. The van der Waals surface area contributed by atoms with Gasteiger partial charge in [0.1, 0.15) is 0 Å². The van der Waals surface area contributed by atoms with E-state index in [2.05, 4.69) is 26.1 Å². The van der Waals surface area contributed by atoms with Gasteiger partial charge in [-0.1, -0.05) is 15.9 Å². The van der Waals surface area contributed by atoms with Crippen molar-refractivity contribution in [3.63, 3.8) is 0 Å². The van der Waals surface area contributed by atoms with E-state index in [1.165, 1.54) is 6.07 Å². The molecule has 1 unspecified atom stereocenters. The van der Waals surface area contributed by atoms with E-state index in [0.717, 1.165) is 32.2 Å². The molecule has 1 saturated heterocycles. The lowest BCUT2D eigenvalue weighted by atomic mass is 10.0. The number of nitrogens with zero attached hydrogens (tertiary/aromatic N) is 1. The van der Waals surface area contributed by atoms with E-state index in [4.69, 9.17) is 0 Å². The van der Waals surface area contributed by atoms with Crippen LogP contribution in [0.1, 0.15) is 24.1 Å². The van der Waals surface area contributed by atoms with E-state index < -0.39 is 11.7 Å². The van der Waals surface area contributed by atoms with Gasteiger partial charge in [-0.25, -0.2) is 0 Å². The molecule has 6 heteroatoms. The average molecular weight is 337 g/mol. The van der Waals surface area contributed by atoms with Crippen molar-refractivity contribution in [3.05, 3.63) is 33.8 Å². The van der Waals surface area contributed by atoms with Gasteiger partial charge in [-0.2, -0.15) is 13.2 Å². The van der Waals surface area contributed by atoms with Crippen LogP contribution in [0.3, 0.4) is 0 Å². The van der Waals surface area contributed by atoms with Gasteiger partial charge in [0.15, 0.2) is 0 Å². The molecule has 1 aliphatic heterocycles. The second-order valence-electron chi connectivity index (χ2n) is 4.73. The zero-order valence-corrected chi connectivity index (χ0v) is 12.2. The van der Waals surface area contributed by atoms with Crippen molar-refractivity contribution in [2.75, 3.05) is 26.2 Å². The molecule has 2 nitrogen and oxygen atoms in total. The number of rotatable bonds is 2. The Bertz CT molecular complexity index is 442. The van der Waals surface area contributed by atoms with Gasteiger partial charge in [0.05, 0.1) is 5.56 Å². The van der Waals surface area contributed by atoms with E-state index in [1.54, 1.807) is 6.07 Å². The van der Waals surface area contributed by atoms with Crippen molar-refractivity contribution in [3.8, 4) is 0 Å². The van der Waals surface area contributed by atoms with E-state index in [9.17, 15) is 13.2 Å².